The Morgan fingerprint density at radius 2 is 1.67 bits per heavy atom. The topological polar surface area (TPSA) is 40.5 Å². The number of hydrogen-bond donors (Lipinski definition) is 1. The fourth-order valence-corrected chi connectivity index (χ4v) is 4.84. The molecule has 0 fully saturated rings. The summed E-state index contributed by atoms with van der Waals surface area (Å²) in [6, 6.07) is 21.9. The van der Waals surface area contributed by atoms with Gasteiger partial charge in [0.2, 0.25) is 0 Å². The van der Waals surface area contributed by atoms with Crippen LogP contribution < -0.4 is 0 Å². The van der Waals surface area contributed by atoms with E-state index in [0.29, 0.717) is 28.5 Å². The third-order valence-electron chi connectivity index (χ3n) is 6.73. The zero-order chi connectivity index (χ0) is 24.2. The van der Waals surface area contributed by atoms with E-state index in [9.17, 15) is 9.90 Å². The van der Waals surface area contributed by atoms with Gasteiger partial charge in [0.25, 0.3) is 0 Å². The zero-order valence-corrected chi connectivity index (χ0v) is 20.2. The van der Waals surface area contributed by atoms with Crippen LogP contribution in [-0.4, -0.2) is 36.6 Å². The molecule has 4 heteroatoms. The van der Waals surface area contributed by atoms with Crippen molar-refractivity contribution in [1.82, 2.24) is 4.90 Å². The summed E-state index contributed by atoms with van der Waals surface area (Å²) in [4.78, 5) is 14.8. The van der Waals surface area contributed by atoms with E-state index in [1.807, 2.05) is 48.5 Å². The predicted octanol–water partition coefficient (Wildman–Crippen LogP) is 6.57. The van der Waals surface area contributed by atoms with E-state index in [0.717, 1.165) is 24.1 Å². The van der Waals surface area contributed by atoms with Crippen LogP contribution in [-0.2, 0) is 10.2 Å². The van der Waals surface area contributed by atoms with Crippen molar-refractivity contribution in [2.45, 2.75) is 38.5 Å². The number of aliphatic carboxylic acids is 1. The van der Waals surface area contributed by atoms with Gasteiger partial charge in [0.15, 0.2) is 0 Å². The lowest BCUT2D eigenvalue weighted by Gasteiger charge is -2.30. The third-order valence-corrected chi connectivity index (χ3v) is 6.73. The van der Waals surface area contributed by atoms with Crippen molar-refractivity contribution in [3.8, 4) is 11.1 Å². The van der Waals surface area contributed by atoms with Gasteiger partial charge in [-0.15, -0.1) is 0 Å². The van der Waals surface area contributed by atoms with Crippen LogP contribution in [0.25, 0.3) is 11.1 Å². The Morgan fingerprint density at radius 1 is 1.00 bits per heavy atom. The Kier molecular flexibility index (Phi) is 7.70. The minimum Gasteiger partial charge on any atom is -0.480 e. The monoisotopic (exact) mass is 447 g/mol. The molecule has 3 rings (SSSR count). The van der Waals surface area contributed by atoms with Crippen molar-refractivity contribution in [3.63, 3.8) is 0 Å². The molecule has 0 saturated heterocycles. The first kappa shape index (κ1) is 24.7. The lowest BCUT2D eigenvalue weighted by molar-refractivity contribution is -0.141. The minimum absolute atomic E-state index is 0.308. The number of carboxylic acids is 1. The van der Waals surface area contributed by atoms with Gasteiger partial charge in [-0.2, -0.15) is 0 Å². The molecular formula is C29H34FNO2. The Balaban J connectivity index is 2.04. The standard InChI is InChI=1S/C29H34FNO2/c1-6-25(20(2)19-31(4)5)22-13-10-14-23(17-22)29(3,28(32)33)24-15-16-26(27(30)18-24)21-11-8-7-9-12-21/h7-18,20,25H,6,19H2,1-5H3,(H,32,33)/t20-,25+,29?/m0/s1. The van der Waals surface area contributed by atoms with Gasteiger partial charge in [0.05, 0.1) is 0 Å². The first-order chi connectivity index (χ1) is 15.7. The smallest absolute Gasteiger partial charge is 0.318 e. The molecule has 1 unspecified atom stereocenters. The second kappa shape index (κ2) is 10.3. The molecule has 3 aromatic rings. The van der Waals surface area contributed by atoms with Crippen LogP contribution in [0.15, 0.2) is 72.8 Å². The summed E-state index contributed by atoms with van der Waals surface area (Å²) in [5, 5.41) is 10.3. The Morgan fingerprint density at radius 3 is 2.24 bits per heavy atom. The highest BCUT2D eigenvalue weighted by molar-refractivity contribution is 5.86. The van der Waals surface area contributed by atoms with Gasteiger partial charge in [-0.25, -0.2) is 4.39 Å². The minimum atomic E-state index is -1.37. The maximum atomic E-state index is 15.1. The number of rotatable bonds is 9. The molecule has 3 nitrogen and oxygen atoms in total. The van der Waals surface area contributed by atoms with Crippen LogP contribution in [0.4, 0.5) is 4.39 Å². The number of nitrogens with zero attached hydrogens (tertiary/aromatic N) is 1. The van der Waals surface area contributed by atoms with Crippen molar-refractivity contribution < 1.29 is 14.3 Å². The van der Waals surface area contributed by atoms with Crippen LogP contribution in [0, 0.1) is 11.7 Å². The van der Waals surface area contributed by atoms with Crippen LogP contribution in [0.3, 0.4) is 0 Å². The van der Waals surface area contributed by atoms with E-state index in [2.05, 4.69) is 38.9 Å². The molecule has 0 aliphatic heterocycles. The molecule has 0 radical (unpaired) electrons. The summed E-state index contributed by atoms with van der Waals surface area (Å²) in [6.45, 7) is 7.01. The quantitative estimate of drug-likeness (QED) is 0.403. The maximum Gasteiger partial charge on any atom is 0.318 e. The molecule has 0 bridgehead atoms. The largest absolute Gasteiger partial charge is 0.480 e. The summed E-state index contributed by atoms with van der Waals surface area (Å²) < 4.78 is 15.1. The molecular weight excluding hydrogens is 413 g/mol. The van der Waals surface area contributed by atoms with Crippen LogP contribution in [0.2, 0.25) is 0 Å². The first-order valence-corrected chi connectivity index (χ1v) is 11.5. The zero-order valence-electron chi connectivity index (χ0n) is 20.2. The van der Waals surface area contributed by atoms with E-state index in [-0.39, 0.29) is 0 Å². The molecule has 0 aliphatic rings. The summed E-state index contributed by atoms with van der Waals surface area (Å²) in [5.74, 6) is -0.698. The molecule has 1 N–H and O–H groups in total. The van der Waals surface area contributed by atoms with Crippen molar-refractivity contribution in [2.75, 3.05) is 20.6 Å². The van der Waals surface area contributed by atoms with E-state index in [1.54, 1.807) is 19.1 Å². The maximum absolute atomic E-state index is 15.1. The van der Waals surface area contributed by atoms with Crippen molar-refractivity contribution >= 4 is 5.97 Å². The van der Waals surface area contributed by atoms with Gasteiger partial charge in [-0.3, -0.25) is 4.79 Å². The second-order valence-corrected chi connectivity index (χ2v) is 9.37. The summed E-state index contributed by atoms with van der Waals surface area (Å²) in [5.41, 5.74) is 2.08. The molecule has 0 aromatic heterocycles. The summed E-state index contributed by atoms with van der Waals surface area (Å²) in [6.07, 6.45) is 0.961. The van der Waals surface area contributed by atoms with E-state index in [4.69, 9.17) is 0 Å². The molecule has 0 amide bonds. The highest BCUT2D eigenvalue weighted by atomic mass is 19.1. The molecule has 0 aliphatic carbocycles. The van der Waals surface area contributed by atoms with Crippen LogP contribution in [0.5, 0.6) is 0 Å². The molecule has 174 valence electrons. The predicted molar refractivity (Wildman–Crippen MR) is 133 cm³/mol. The third kappa shape index (κ3) is 5.17. The Hall–Kier alpha value is -2.98. The fraction of sp³-hybridized carbons (Fsp3) is 0.345. The second-order valence-electron chi connectivity index (χ2n) is 9.37. The van der Waals surface area contributed by atoms with E-state index in [1.165, 1.54) is 6.07 Å². The number of halogens is 1. The van der Waals surface area contributed by atoms with Crippen molar-refractivity contribution in [3.05, 3.63) is 95.3 Å². The first-order valence-electron chi connectivity index (χ1n) is 11.5. The van der Waals surface area contributed by atoms with Crippen LogP contribution in [0.1, 0.15) is 49.8 Å². The molecule has 0 spiro atoms. The Bertz CT molecular complexity index is 1100. The Labute approximate surface area is 196 Å². The van der Waals surface area contributed by atoms with Crippen molar-refractivity contribution in [2.24, 2.45) is 5.92 Å². The van der Waals surface area contributed by atoms with Gasteiger partial charge >= 0.3 is 5.97 Å². The lowest BCUT2D eigenvalue weighted by Crippen LogP contribution is -2.34. The fourth-order valence-electron chi connectivity index (χ4n) is 4.84. The number of benzene rings is 3. The van der Waals surface area contributed by atoms with Gasteiger partial charge in [0.1, 0.15) is 11.2 Å². The van der Waals surface area contributed by atoms with Crippen LogP contribution >= 0.6 is 0 Å². The van der Waals surface area contributed by atoms with Gasteiger partial charge in [-0.05, 0) is 67.6 Å². The SMILES string of the molecule is CC[C@@H](c1cccc(C(C)(C(=O)O)c2ccc(-c3ccccc3)c(F)c2)c1)[C@@H](C)CN(C)C. The molecule has 33 heavy (non-hydrogen) atoms. The average molecular weight is 448 g/mol. The summed E-state index contributed by atoms with van der Waals surface area (Å²) >= 11 is 0. The normalized spacial score (nSPS) is 15.1. The van der Waals surface area contributed by atoms with Gasteiger partial charge < -0.3 is 10.0 Å². The molecule has 3 aromatic carbocycles. The number of carbonyl (C=O) groups is 1. The highest BCUT2D eigenvalue weighted by Gasteiger charge is 2.38. The van der Waals surface area contributed by atoms with Gasteiger partial charge in [0, 0.05) is 12.1 Å². The molecule has 0 saturated carbocycles. The number of hydrogen-bond acceptors (Lipinski definition) is 2. The molecule has 3 atom stereocenters. The van der Waals surface area contributed by atoms with Crippen molar-refractivity contribution in [1.29, 1.82) is 0 Å². The highest BCUT2D eigenvalue weighted by Crippen LogP contribution is 2.37. The van der Waals surface area contributed by atoms with E-state index < -0.39 is 17.2 Å². The summed E-state index contributed by atoms with van der Waals surface area (Å²) in [7, 11) is 4.13. The van der Waals surface area contributed by atoms with Gasteiger partial charge in [-0.1, -0.05) is 80.6 Å². The average Bonchev–Trinajstić information content (AvgIpc) is 2.79. The van der Waals surface area contributed by atoms with E-state index >= 15 is 4.39 Å². The lowest BCUT2D eigenvalue weighted by atomic mass is 9.74. The molecule has 0 heterocycles. The number of carboxylic acid groups (broad SMARTS) is 1.